The smallest absolute Gasteiger partial charge is 0.326 e. The summed E-state index contributed by atoms with van der Waals surface area (Å²) in [5, 5.41) is 17.4. The predicted molar refractivity (Wildman–Crippen MR) is 142 cm³/mol. The van der Waals surface area contributed by atoms with Gasteiger partial charge in [0, 0.05) is 12.8 Å². The van der Waals surface area contributed by atoms with Crippen LogP contribution in [0, 0.1) is 5.92 Å². The highest BCUT2D eigenvalue weighted by Gasteiger charge is 2.33. The molecule has 0 aliphatic rings. The second kappa shape index (κ2) is 16.6. The number of rotatable bonds is 17. The third-order valence-electron chi connectivity index (χ3n) is 5.97. The molecule has 0 spiro atoms. The number of thioether (sulfide) groups is 1. The third-order valence-corrected chi connectivity index (χ3v) is 6.62. The lowest BCUT2D eigenvalue weighted by atomic mass is 9.96. The Morgan fingerprint density at radius 2 is 1.57 bits per heavy atom. The molecule has 4 amide bonds. The molecule has 0 saturated heterocycles. The van der Waals surface area contributed by atoms with Crippen molar-refractivity contribution in [2.75, 3.05) is 12.0 Å². The Hall–Kier alpha value is -3.12. The lowest BCUT2D eigenvalue weighted by Crippen LogP contribution is -2.59. The molecule has 8 N–H and O–H groups in total. The van der Waals surface area contributed by atoms with Gasteiger partial charge < -0.3 is 32.5 Å². The van der Waals surface area contributed by atoms with E-state index in [4.69, 9.17) is 11.5 Å². The maximum atomic E-state index is 13.2. The summed E-state index contributed by atoms with van der Waals surface area (Å²) in [6.07, 6.45) is 2.59. The molecule has 1 aromatic carbocycles. The number of carbonyl (C=O) groups is 5. The third kappa shape index (κ3) is 11.6. The minimum absolute atomic E-state index is 0.0638. The van der Waals surface area contributed by atoms with E-state index in [9.17, 15) is 29.1 Å². The van der Waals surface area contributed by atoms with Gasteiger partial charge in [-0.15, -0.1) is 0 Å². The summed E-state index contributed by atoms with van der Waals surface area (Å²) in [6.45, 7) is 3.57. The number of nitrogens with two attached hydrogens (primary N) is 2. The van der Waals surface area contributed by atoms with E-state index in [-0.39, 0.29) is 25.2 Å². The second-order valence-electron chi connectivity index (χ2n) is 8.92. The molecule has 5 atom stereocenters. The van der Waals surface area contributed by atoms with Crippen LogP contribution in [-0.2, 0) is 30.4 Å². The molecule has 0 heterocycles. The van der Waals surface area contributed by atoms with Gasteiger partial charge in [-0.3, -0.25) is 19.2 Å². The Morgan fingerprint density at radius 3 is 2.11 bits per heavy atom. The number of aliphatic carboxylic acids is 1. The van der Waals surface area contributed by atoms with Crippen LogP contribution < -0.4 is 27.4 Å². The van der Waals surface area contributed by atoms with Crippen molar-refractivity contribution in [2.24, 2.45) is 17.4 Å². The van der Waals surface area contributed by atoms with Crippen LogP contribution in [0.5, 0.6) is 0 Å². The number of benzene rings is 1. The van der Waals surface area contributed by atoms with Crippen molar-refractivity contribution in [1.29, 1.82) is 0 Å². The summed E-state index contributed by atoms with van der Waals surface area (Å²) in [7, 11) is 0. The molecule has 0 bridgehead atoms. The van der Waals surface area contributed by atoms with E-state index in [1.807, 2.05) is 13.2 Å². The average molecular weight is 538 g/mol. The zero-order valence-corrected chi connectivity index (χ0v) is 22.4. The van der Waals surface area contributed by atoms with Crippen molar-refractivity contribution in [1.82, 2.24) is 16.0 Å². The Labute approximate surface area is 221 Å². The average Bonchev–Trinajstić information content (AvgIpc) is 2.87. The summed E-state index contributed by atoms with van der Waals surface area (Å²) in [5.41, 5.74) is 11.9. The number of primary amides is 1. The quantitative estimate of drug-likeness (QED) is 0.162. The molecule has 37 heavy (non-hydrogen) atoms. The SMILES string of the molecule is CCC(C)C(NC(=O)C(CCC(N)=O)NC(=O)C(N)CCSC)C(=O)NC(Cc1ccccc1)C(=O)O. The number of hydrogen-bond donors (Lipinski definition) is 6. The highest BCUT2D eigenvalue weighted by Crippen LogP contribution is 2.11. The van der Waals surface area contributed by atoms with Gasteiger partial charge in [0.05, 0.1) is 6.04 Å². The van der Waals surface area contributed by atoms with Gasteiger partial charge in [-0.2, -0.15) is 11.8 Å². The summed E-state index contributed by atoms with van der Waals surface area (Å²) in [5.74, 6) is -3.48. The molecule has 11 nitrogen and oxygen atoms in total. The molecule has 1 rings (SSSR count). The Balaban J connectivity index is 3.03. The van der Waals surface area contributed by atoms with Gasteiger partial charge in [-0.05, 0) is 36.3 Å². The fourth-order valence-electron chi connectivity index (χ4n) is 3.48. The normalized spacial score (nSPS) is 14.9. The van der Waals surface area contributed by atoms with Crippen molar-refractivity contribution in [3.8, 4) is 0 Å². The highest BCUT2D eigenvalue weighted by molar-refractivity contribution is 7.98. The Kier molecular flexibility index (Phi) is 14.3. The van der Waals surface area contributed by atoms with Gasteiger partial charge in [-0.25, -0.2) is 4.79 Å². The Bertz CT molecular complexity index is 916. The molecule has 5 unspecified atom stereocenters. The van der Waals surface area contributed by atoms with Crippen LogP contribution in [0.3, 0.4) is 0 Å². The molecule has 0 saturated carbocycles. The number of amides is 4. The van der Waals surface area contributed by atoms with Gasteiger partial charge in [-0.1, -0.05) is 50.6 Å². The van der Waals surface area contributed by atoms with E-state index in [1.54, 1.807) is 37.3 Å². The van der Waals surface area contributed by atoms with Crippen molar-refractivity contribution < 1.29 is 29.1 Å². The molecule has 0 aliphatic heterocycles. The molecule has 206 valence electrons. The zero-order chi connectivity index (χ0) is 28.0. The number of hydrogen-bond acceptors (Lipinski definition) is 7. The summed E-state index contributed by atoms with van der Waals surface area (Å²) < 4.78 is 0. The fraction of sp³-hybridized carbons (Fsp3) is 0.560. The second-order valence-corrected chi connectivity index (χ2v) is 9.90. The first-order chi connectivity index (χ1) is 17.5. The summed E-state index contributed by atoms with van der Waals surface area (Å²) in [6, 6.07) is 4.56. The molecule has 0 radical (unpaired) electrons. The first kappa shape index (κ1) is 31.9. The predicted octanol–water partition coefficient (Wildman–Crippen LogP) is 0.160. The lowest BCUT2D eigenvalue weighted by molar-refractivity contribution is -0.142. The first-order valence-corrected chi connectivity index (χ1v) is 13.6. The van der Waals surface area contributed by atoms with E-state index in [0.717, 1.165) is 5.56 Å². The number of nitrogens with one attached hydrogen (secondary N) is 3. The van der Waals surface area contributed by atoms with E-state index >= 15 is 0 Å². The minimum Gasteiger partial charge on any atom is -0.480 e. The van der Waals surface area contributed by atoms with Crippen LogP contribution in [-0.4, -0.2) is 70.9 Å². The molecular weight excluding hydrogens is 498 g/mol. The molecule has 0 aromatic heterocycles. The topological polar surface area (TPSA) is 194 Å². The Morgan fingerprint density at radius 1 is 0.946 bits per heavy atom. The van der Waals surface area contributed by atoms with E-state index in [1.165, 1.54) is 11.8 Å². The fourth-order valence-corrected chi connectivity index (χ4v) is 3.97. The van der Waals surface area contributed by atoms with E-state index < -0.39 is 53.8 Å². The van der Waals surface area contributed by atoms with Gasteiger partial charge in [0.1, 0.15) is 18.1 Å². The molecule has 0 fully saturated rings. The van der Waals surface area contributed by atoms with Crippen LogP contribution in [0.4, 0.5) is 0 Å². The largest absolute Gasteiger partial charge is 0.480 e. The van der Waals surface area contributed by atoms with Gasteiger partial charge in [0.2, 0.25) is 23.6 Å². The van der Waals surface area contributed by atoms with Crippen LogP contribution >= 0.6 is 11.8 Å². The summed E-state index contributed by atoms with van der Waals surface area (Å²) >= 11 is 1.52. The number of carboxylic acid groups (broad SMARTS) is 1. The van der Waals surface area contributed by atoms with Crippen LogP contribution in [0.2, 0.25) is 0 Å². The number of carboxylic acids is 1. The number of carbonyl (C=O) groups excluding carboxylic acids is 4. The standard InChI is InChI=1S/C25H39N5O6S/c1-4-15(2)21(24(34)29-19(25(35)36)14-16-8-6-5-7-9-16)30-23(33)18(10-11-20(27)31)28-22(32)17(26)12-13-37-3/h5-9,15,17-19,21H,4,10-14,26H2,1-3H3,(H2,27,31)(H,28,32)(H,29,34)(H,30,33)(H,35,36). The molecule has 1 aromatic rings. The van der Waals surface area contributed by atoms with E-state index in [2.05, 4.69) is 16.0 Å². The molecule has 0 aliphatic carbocycles. The first-order valence-electron chi connectivity index (χ1n) is 12.2. The van der Waals surface area contributed by atoms with Gasteiger partial charge in [0.15, 0.2) is 0 Å². The zero-order valence-electron chi connectivity index (χ0n) is 21.6. The van der Waals surface area contributed by atoms with Crippen LogP contribution in [0.25, 0.3) is 0 Å². The van der Waals surface area contributed by atoms with Crippen LogP contribution in [0.1, 0.15) is 45.1 Å². The highest BCUT2D eigenvalue weighted by atomic mass is 32.2. The van der Waals surface area contributed by atoms with Crippen molar-refractivity contribution in [3.05, 3.63) is 35.9 Å². The minimum atomic E-state index is -1.21. The van der Waals surface area contributed by atoms with Crippen molar-refractivity contribution in [3.63, 3.8) is 0 Å². The monoisotopic (exact) mass is 537 g/mol. The van der Waals surface area contributed by atoms with Gasteiger partial charge >= 0.3 is 5.97 Å². The molecule has 12 heteroatoms. The van der Waals surface area contributed by atoms with E-state index in [0.29, 0.717) is 18.6 Å². The van der Waals surface area contributed by atoms with Crippen LogP contribution in [0.15, 0.2) is 30.3 Å². The maximum absolute atomic E-state index is 13.2. The van der Waals surface area contributed by atoms with Gasteiger partial charge in [0.25, 0.3) is 0 Å². The maximum Gasteiger partial charge on any atom is 0.326 e. The molecular formula is C25H39N5O6S. The summed E-state index contributed by atoms with van der Waals surface area (Å²) in [4.78, 5) is 62.0. The van der Waals surface area contributed by atoms with Crippen molar-refractivity contribution >= 4 is 41.4 Å². The van der Waals surface area contributed by atoms with Crippen molar-refractivity contribution in [2.45, 2.75) is 70.1 Å². The lowest BCUT2D eigenvalue weighted by Gasteiger charge is -2.28.